The van der Waals surface area contributed by atoms with Crippen molar-refractivity contribution in [3.8, 4) is 0 Å². The smallest absolute Gasteiger partial charge is 0.0963 e. The van der Waals surface area contributed by atoms with E-state index in [1.165, 1.54) is 19.3 Å². The van der Waals surface area contributed by atoms with Crippen LogP contribution in [0.1, 0.15) is 51.5 Å². The maximum absolute atomic E-state index is 10.7. The summed E-state index contributed by atoms with van der Waals surface area (Å²) in [6, 6.07) is 1.88. The summed E-state index contributed by atoms with van der Waals surface area (Å²) in [7, 11) is 0. The van der Waals surface area contributed by atoms with Crippen molar-refractivity contribution in [1.82, 2.24) is 0 Å². The molecule has 16 heavy (non-hydrogen) atoms. The molecule has 1 saturated carbocycles. The van der Waals surface area contributed by atoms with Crippen molar-refractivity contribution >= 4 is 0 Å². The molecule has 0 amide bonds. The molecule has 0 saturated heterocycles. The standard InChI is InChI=1S/C14H22O2/c1-3-11-5-4-6-12(9-11)14(2,15)13-7-8-16-10-13/h7-8,10-12,15H,3-6,9H2,1-2H3. The first kappa shape index (κ1) is 11.7. The largest absolute Gasteiger partial charge is 0.472 e. The van der Waals surface area contributed by atoms with Crippen LogP contribution in [0.5, 0.6) is 0 Å². The lowest BCUT2D eigenvalue weighted by atomic mass is 9.71. The van der Waals surface area contributed by atoms with Gasteiger partial charge in [-0.25, -0.2) is 0 Å². The molecule has 0 aliphatic heterocycles. The second-order valence-electron chi connectivity index (χ2n) is 5.30. The van der Waals surface area contributed by atoms with Crippen molar-refractivity contribution in [2.45, 2.75) is 51.6 Å². The molecule has 1 aliphatic carbocycles. The SMILES string of the molecule is CCC1CCCC(C(C)(O)c2ccoc2)C1. The molecular formula is C14H22O2. The van der Waals surface area contributed by atoms with Crippen molar-refractivity contribution in [3.63, 3.8) is 0 Å². The molecule has 2 heteroatoms. The molecule has 0 radical (unpaired) electrons. The summed E-state index contributed by atoms with van der Waals surface area (Å²) in [6.07, 6.45) is 9.41. The Morgan fingerprint density at radius 1 is 1.50 bits per heavy atom. The zero-order valence-electron chi connectivity index (χ0n) is 10.3. The third kappa shape index (κ3) is 2.17. The van der Waals surface area contributed by atoms with Gasteiger partial charge < -0.3 is 9.52 Å². The Morgan fingerprint density at radius 3 is 2.94 bits per heavy atom. The van der Waals surface area contributed by atoms with Crippen molar-refractivity contribution in [1.29, 1.82) is 0 Å². The lowest BCUT2D eigenvalue weighted by molar-refractivity contribution is -0.0315. The van der Waals surface area contributed by atoms with Crippen molar-refractivity contribution in [3.05, 3.63) is 24.2 Å². The van der Waals surface area contributed by atoms with E-state index < -0.39 is 5.60 Å². The maximum atomic E-state index is 10.7. The zero-order chi connectivity index (χ0) is 11.6. The van der Waals surface area contributed by atoms with E-state index >= 15 is 0 Å². The molecule has 1 N–H and O–H groups in total. The van der Waals surface area contributed by atoms with Gasteiger partial charge in [0.15, 0.2) is 0 Å². The zero-order valence-corrected chi connectivity index (χ0v) is 10.3. The highest BCUT2D eigenvalue weighted by Crippen LogP contribution is 2.42. The van der Waals surface area contributed by atoms with Crippen LogP contribution in [-0.2, 0) is 5.60 Å². The van der Waals surface area contributed by atoms with Crippen molar-refractivity contribution in [2.24, 2.45) is 11.8 Å². The Morgan fingerprint density at radius 2 is 2.31 bits per heavy atom. The Hall–Kier alpha value is -0.760. The Kier molecular flexibility index (Phi) is 3.38. The van der Waals surface area contributed by atoms with Gasteiger partial charge in [0, 0.05) is 5.56 Å². The third-order valence-corrected chi connectivity index (χ3v) is 4.26. The molecule has 1 aromatic heterocycles. The Balaban J connectivity index is 2.11. The van der Waals surface area contributed by atoms with Crippen LogP contribution in [0.2, 0.25) is 0 Å². The lowest BCUT2D eigenvalue weighted by Gasteiger charge is -2.38. The summed E-state index contributed by atoms with van der Waals surface area (Å²) in [5.41, 5.74) is 0.204. The number of aliphatic hydroxyl groups is 1. The molecule has 2 rings (SSSR count). The van der Waals surface area contributed by atoms with Gasteiger partial charge in [0.1, 0.15) is 0 Å². The quantitative estimate of drug-likeness (QED) is 0.845. The fourth-order valence-corrected chi connectivity index (χ4v) is 2.96. The van der Waals surface area contributed by atoms with Gasteiger partial charge in [0.2, 0.25) is 0 Å². The van der Waals surface area contributed by atoms with Gasteiger partial charge in [-0.15, -0.1) is 0 Å². The van der Waals surface area contributed by atoms with Crippen LogP contribution < -0.4 is 0 Å². The van der Waals surface area contributed by atoms with Gasteiger partial charge in [-0.2, -0.15) is 0 Å². The average Bonchev–Trinajstić information content (AvgIpc) is 2.83. The van der Waals surface area contributed by atoms with Gasteiger partial charge in [0.05, 0.1) is 18.1 Å². The van der Waals surface area contributed by atoms with Crippen molar-refractivity contribution in [2.75, 3.05) is 0 Å². The van der Waals surface area contributed by atoms with E-state index in [0.29, 0.717) is 5.92 Å². The second kappa shape index (κ2) is 4.62. The average molecular weight is 222 g/mol. The number of hydrogen-bond donors (Lipinski definition) is 1. The van der Waals surface area contributed by atoms with Gasteiger partial charge in [-0.3, -0.25) is 0 Å². The van der Waals surface area contributed by atoms with Crippen LogP contribution >= 0.6 is 0 Å². The highest BCUT2D eigenvalue weighted by Gasteiger charge is 2.37. The van der Waals surface area contributed by atoms with E-state index in [1.807, 2.05) is 13.0 Å². The topological polar surface area (TPSA) is 33.4 Å². The normalized spacial score (nSPS) is 29.9. The molecule has 1 aromatic rings. The summed E-state index contributed by atoms with van der Waals surface area (Å²) in [5.74, 6) is 1.17. The maximum Gasteiger partial charge on any atom is 0.0963 e. The fourth-order valence-electron chi connectivity index (χ4n) is 2.96. The summed E-state index contributed by atoms with van der Waals surface area (Å²) in [5, 5.41) is 10.7. The summed E-state index contributed by atoms with van der Waals surface area (Å²) < 4.78 is 5.08. The molecule has 1 fully saturated rings. The first-order valence-corrected chi connectivity index (χ1v) is 6.39. The molecule has 2 nitrogen and oxygen atoms in total. The third-order valence-electron chi connectivity index (χ3n) is 4.26. The minimum Gasteiger partial charge on any atom is -0.472 e. The van der Waals surface area contributed by atoms with Gasteiger partial charge in [-0.1, -0.05) is 26.2 Å². The monoisotopic (exact) mass is 222 g/mol. The van der Waals surface area contributed by atoms with Crippen LogP contribution in [0.4, 0.5) is 0 Å². The molecular weight excluding hydrogens is 200 g/mol. The summed E-state index contributed by atoms with van der Waals surface area (Å²) >= 11 is 0. The molecule has 0 bridgehead atoms. The van der Waals surface area contributed by atoms with Crippen LogP contribution in [0.15, 0.2) is 23.0 Å². The lowest BCUT2D eigenvalue weighted by Crippen LogP contribution is -2.35. The van der Waals surface area contributed by atoms with Crippen LogP contribution in [0.25, 0.3) is 0 Å². The summed E-state index contributed by atoms with van der Waals surface area (Å²) in [4.78, 5) is 0. The molecule has 1 heterocycles. The Bertz CT molecular complexity index is 313. The van der Waals surface area contributed by atoms with Crippen LogP contribution in [0.3, 0.4) is 0 Å². The summed E-state index contributed by atoms with van der Waals surface area (Å²) in [6.45, 7) is 4.18. The predicted octanol–water partition coefficient (Wildman–Crippen LogP) is 3.70. The first-order valence-electron chi connectivity index (χ1n) is 6.39. The molecule has 90 valence electrons. The Labute approximate surface area is 97.7 Å². The number of furan rings is 1. The van der Waals surface area contributed by atoms with E-state index in [2.05, 4.69) is 6.92 Å². The van der Waals surface area contributed by atoms with Gasteiger partial charge in [-0.05, 0) is 37.7 Å². The van der Waals surface area contributed by atoms with Crippen LogP contribution in [-0.4, -0.2) is 5.11 Å². The van der Waals surface area contributed by atoms with E-state index in [0.717, 1.165) is 24.3 Å². The predicted molar refractivity (Wildman–Crippen MR) is 64.0 cm³/mol. The highest BCUT2D eigenvalue weighted by molar-refractivity contribution is 5.16. The van der Waals surface area contributed by atoms with Crippen molar-refractivity contribution < 1.29 is 9.52 Å². The number of rotatable bonds is 3. The minimum atomic E-state index is -0.721. The first-order chi connectivity index (χ1) is 7.64. The second-order valence-corrected chi connectivity index (χ2v) is 5.30. The fraction of sp³-hybridized carbons (Fsp3) is 0.714. The van der Waals surface area contributed by atoms with E-state index in [1.54, 1.807) is 12.5 Å². The molecule has 0 aromatic carbocycles. The molecule has 0 spiro atoms. The van der Waals surface area contributed by atoms with E-state index in [9.17, 15) is 5.11 Å². The van der Waals surface area contributed by atoms with Crippen LogP contribution in [0, 0.1) is 11.8 Å². The highest BCUT2D eigenvalue weighted by atomic mass is 16.3. The minimum absolute atomic E-state index is 0.379. The molecule has 3 unspecified atom stereocenters. The van der Waals surface area contributed by atoms with E-state index in [-0.39, 0.29) is 0 Å². The van der Waals surface area contributed by atoms with E-state index in [4.69, 9.17) is 4.42 Å². The molecule has 3 atom stereocenters. The molecule has 1 aliphatic rings. The van der Waals surface area contributed by atoms with Gasteiger partial charge >= 0.3 is 0 Å². The van der Waals surface area contributed by atoms with Gasteiger partial charge in [0.25, 0.3) is 0 Å². The number of hydrogen-bond acceptors (Lipinski definition) is 2.